The van der Waals surface area contributed by atoms with Crippen molar-refractivity contribution in [3.63, 3.8) is 0 Å². The molecule has 0 aliphatic carbocycles. The number of nitrogens with zero attached hydrogens (tertiary/aromatic N) is 1. The van der Waals surface area contributed by atoms with Gasteiger partial charge in [0.25, 0.3) is 0 Å². The molecular formula is C13H20N2O3. The van der Waals surface area contributed by atoms with Crippen LogP contribution in [-0.4, -0.2) is 54.6 Å². The summed E-state index contributed by atoms with van der Waals surface area (Å²) >= 11 is 0. The van der Waals surface area contributed by atoms with E-state index < -0.39 is 0 Å². The van der Waals surface area contributed by atoms with Crippen LogP contribution in [0, 0.1) is 0 Å². The van der Waals surface area contributed by atoms with Crippen molar-refractivity contribution < 1.29 is 15.0 Å². The van der Waals surface area contributed by atoms with Crippen molar-refractivity contribution >= 4 is 5.78 Å². The lowest BCUT2D eigenvalue weighted by molar-refractivity contribution is 0.0945. The number of phenolic OH excluding ortho intramolecular Hbond substituents is 2. The molecule has 0 amide bonds. The van der Waals surface area contributed by atoms with Crippen molar-refractivity contribution in [2.75, 3.05) is 33.7 Å². The Morgan fingerprint density at radius 3 is 2.67 bits per heavy atom. The summed E-state index contributed by atoms with van der Waals surface area (Å²) in [6.45, 7) is 2.04. The van der Waals surface area contributed by atoms with E-state index in [1.165, 1.54) is 18.2 Å². The van der Waals surface area contributed by atoms with Crippen molar-refractivity contribution in [3.8, 4) is 11.5 Å². The van der Waals surface area contributed by atoms with Gasteiger partial charge in [-0.2, -0.15) is 0 Å². The number of ketones is 1. The highest BCUT2D eigenvalue weighted by Crippen LogP contribution is 2.25. The van der Waals surface area contributed by atoms with Crippen LogP contribution in [0.1, 0.15) is 16.8 Å². The van der Waals surface area contributed by atoms with Crippen LogP contribution in [0.2, 0.25) is 0 Å². The lowest BCUT2D eigenvalue weighted by Crippen LogP contribution is -2.28. The summed E-state index contributed by atoms with van der Waals surface area (Å²) in [6, 6.07) is 4.13. The van der Waals surface area contributed by atoms with Crippen molar-refractivity contribution in [1.29, 1.82) is 0 Å². The maximum absolute atomic E-state index is 11.9. The molecule has 1 aromatic carbocycles. The standard InChI is InChI=1S/C13H20N2O3/c1-14-6-3-7-15(2)9-13(18)10-4-5-11(16)12(17)8-10/h4-5,8,14,16-17H,3,6-7,9H2,1-2H3. The summed E-state index contributed by atoms with van der Waals surface area (Å²) in [6.07, 6.45) is 0.973. The summed E-state index contributed by atoms with van der Waals surface area (Å²) in [4.78, 5) is 13.8. The molecule has 0 saturated carbocycles. The highest BCUT2D eigenvalue weighted by atomic mass is 16.3. The molecule has 5 heteroatoms. The SMILES string of the molecule is CNCCCN(C)CC(=O)c1ccc(O)c(O)c1. The first-order valence-electron chi connectivity index (χ1n) is 5.93. The molecule has 0 atom stereocenters. The number of hydrogen-bond donors (Lipinski definition) is 3. The second kappa shape index (κ2) is 6.98. The monoisotopic (exact) mass is 252 g/mol. The normalized spacial score (nSPS) is 10.8. The van der Waals surface area contributed by atoms with Gasteiger partial charge in [0.1, 0.15) is 0 Å². The summed E-state index contributed by atoms with van der Waals surface area (Å²) < 4.78 is 0. The first-order valence-corrected chi connectivity index (χ1v) is 5.93. The smallest absolute Gasteiger partial charge is 0.176 e. The van der Waals surface area contributed by atoms with Crippen LogP contribution in [0.4, 0.5) is 0 Å². The van der Waals surface area contributed by atoms with Crippen LogP contribution in [0.3, 0.4) is 0 Å². The Kier molecular flexibility index (Phi) is 5.61. The molecule has 5 nitrogen and oxygen atoms in total. The first kappa shape index (κ1) is 14.5. The average molecular weight is 252 g/mol. The molecule has 0 bridgehead atoms. The fraction of sp³-hybridized carbons (Fsp3) is 0.462. The highest BCUT2D eigenvalue weighted by molar-refractivity contribution is 5.98. The Balaban J connectivity index is 2.51. The van der Waals surface area contributed by atoms with E-state index in [-0.39, 0.29) is 17.3 Å². The zero-order chi connectivity index (χ0) is 13.5. The Labute approximate surface area is 107 Å². The van der Waals surface area contributed by atoms with Gasteiger partial charge in [0.05, 0.1) is 6.54 Å². The number of nitrogens with one attached hydrogen (secondary N) is 1. The van der Waals surface area contributed by atoms with Gasteiger partial charge in [-0.05, 0) is 51.8 Å². The van der Waals surface area contributed by atoms with Gasteiger partial charge >= 0.3 is 0 Å². The molecule has 0 aliphatic rings. The van der Waals surface area contributed by atoms with Gasteiger partial charge in [0.2, 0.25) is 0 Å². The number of Topliss-reactive ketones (excluding diaryl/α,β-unsaturated/α-hetero) is 1. The fourth-order valence-electron chi connectivity index (χ4n) is 1.64. The minimum Gasteiger partial charge on any atom is -0.504 e. The van der Waals surface area contributed by atoms with Crippen molar-refractivity contribution in [2.45, 2.75) is 6.42 Å². The van der Waals surface area contributed by atoms with Crippen LogP contribution < -0.4 is 5.32 Å². The Hall–Kier alpha value is -1.59. The lowest BCUT2D eigenvalue weighted by Gasteiger charge is -2.15. The molecule has 0 unspecified atom stereocenters. The zero-order valence-corrected chi connectivity index (χ0v) is 10.8. The first-order chi connectivity index (χ1) is 8.54. The Bertz CT molecular complexity index is 407. The van der Waals surface area contributed by atoms with Crippen molar-refractivity contribution in [3.05, 3.63) is 23.8 Å². The fourth-order valence-corrected chi connectivity index (χ4v) is 1.64. The molecule has 1 rings (SSSR count). The number of rotatable bonds is 7. The van der Waals surface area contributed by atoms with Crippen molar-refractivity contribution in [1.82, 2.24) is 10.2 Å². The second-order valence-electron chi connectivity index (χ2n) is 4.32. The third-order valence-electron chi connectivity index (χ3n) is 2.68. The van der Waals surface area contributed by atoms with Crippen LogP contribution >= 0.6 is 0 Å². The summed E-state index contributed by atoms with van der Waals surface area (Å²) in [5.74, 6) is -0.551. The third kappa shape index (κ3) is 4.35. The maximum atomic E-state index is 11.9. The van der Waals surface area contributed by atoms with Gasteiger partial charge in [0.15, 0.2) is 17.3 Å². The van der Waals surface area contributed by atoms with Gasteiger partial charge < -0.3 is 15.5 Å². The molecule has 0 saturated heterocycles. The zero-order valence-electron chi connectivity index (χ0n) is 10.8. The Morgan fingerprint density at radius 1 is 1.33 bits per heavy atom. The number of phenols is 2. The average Bonchev–Trinajstić information content (AvgIpc) is 2.33. The summed E-state index contributed by atoms with van der Waals surface area (Å²) in [7, 11) is 3.78. The summed E-state index contributed by atoms with van der Waals surface area (Å²) in [5.41, 5.74) is 0.408. The van der Waals surface area contributed by atoms with E-state index in [0.717, 1.165) is 19.5 Å². The van der Waals surface area contributed by atoms with Gasteiger partial charge in [-0.3, -0.25) is 9.69 Å². The molecule has 0 aliphatic heterocycles. The second-order valence-corrected chi connectivity index (χ2v) is 4.32. The number of benzene rings is 1. The molecule has 18 heavy (non-hydrogen) atoms. The van der Waals surface area contributed by atoms with Crippen LogP contribution in [-0.2, 0) is 0 Å². The minimum absolute atomic E-state index is 0.0720. The molecule has 0 aromatic heterocycles. The molecule has 3 N–H and O–H groups in total. The quantitative estimate of drug-likeness (QED) is 0.381. The summed E-state index contributed by atoms with van der Waals surface area (Å²) in [5, 5.41) is 21.6. The van der Waals surface area contributed by atoms with Gasteiger partial charge in [-0.15, -0.1) is 0 Å². The molecule has 100 valence electrons. The van der Waals surface area contributed by atoms with E-state index >= 15 is 0 Å². The number of carbonyl (C=O) groups is 1. The molecule has 0 spiro atoms. The van der Waals surface area contributed by atoms with Gasteiger partial charge in [0, 0.05) is 5.56 Å². The van der Waals surface area contributed by atoms with E-state index in [2.05, 4.69) is 5.32 Å². The van der Waals surface area contributed by atoms with E-state index in [4.69, 9.17) is 0 Å². The number of likely N-dealkylation sites (N-methyl/N-ethyl adjacent to an activating group) is 1. The van der Waals surface area contributed by atoms with Crippen LogP contribution in [0.15, 0.2) is 18.2 Å². The molecule has 0 radical (unpaired) electrons. The minimum atomic E-state index is -0.265. The van der Waals surface area contributed by atoms with E-state index in [1.54, 1.807) is 0 Å². The maximum Gasteiger partial charge on any atom is 0.176 e. The predicted molar refractivity (Wildman–Crippen MR) is 70.1 cm³/mol. The van der Waals surface area contributed by atoms with Gasteiger partial charge in [-0.1, -0.05) is 0 Å². The van der Waals surface area contributed by atoms with Crippen molar-refractivity contribution in [2.24, 2.45) is 0 Å². The molecule has 0 heterocycles. The van der Waals surface area contributed by atoms with Crippen LogP contribution in [0.5, 0.6) is 11.5 Å². The number of hydrogen-bond acceptors (Lipinski definition) is 5. The highest BCUT2D eigenvalue weighted by Gasteiger charge is 2.11. The van der Waals surface area contributed by atoms with E-state index in [9.17, 15) is 15.0 Å². The largest absolute Gasteiger partial charge is 0.504 e. The topological polar surface area (TPSA) is 72.8 Å². The lowest BCUT2D eigenvalue weighted by atomic mass is 10.1. The number of aromatic hydroxyl groups is 2. The predicted octanol–water partition coefficient (Wildman–Crippen LogP) is 0.822. The van der Waals surface area contributed by atoms with Gasteiger partial charge in [-0.25, -0.2) is 0 Å². The Morgan fingerprint density at radius 2 is 2.06 bits per heavy atom. The van der Waals surface area contributed by atoms with E-state index in [0.29, 0.717) is 12.1 Å². The molecule has 0 fully saturated rings. The molecule has 1 aromatic rings. The third-order valence-corrected chi connectivity index (χ3v) is 2.68. The van der Waals surface area contributed by atoms with Crippen LogP contribution in [0.25, 0.3) is 0 Å². The molecular weight excluding hydrogens is 232 g/mol. The van der Waals surface area contributed by atoms with E-state index in [1.807, 2.05) is 19.0 Å². The number of carbonyl (C=O) groups excluding carboxylic acids is 1.